The first-order valence-corrected chi connectivity index (χ1v) is 6.43. The first-order chi connectivity index (χ1) is 9.08. The maximum Gasteiger partial charge on any atom is 0.253 e. The lowest BCUT2D eigenvalue weighted by atomic mass is 10.0. The lowest BCUT2D eigenvalue weighted by Crippen LogP contribution is -2.27. The van der Waals surface area contributed by atoms with Gasteiger partial charge in [-0.15, -0.1) is 0 Å². The standard InChI is InChI=1S/C15H15ClN2O/c1-10-5-3-4-6-13(10)11(2)18-15(19)12-7-8-14(16)17-9-12/h3-9,11H,1-2H3,(H,18,19). The summed E-state index contributed by atoms with van der Waals surface area (Å²) in [5.74, 6) is -0.153. The molecule has 1 aromatic heterocycles. The van der Waals surface area contributed by atoms with Crippen molar-refractivity contribution in [1.29, 1.82) is 0 Å². The molecule has 0 bridgehead atoms. The molecular formula is C15H15ClN2O. The van der Waals surface area contributed by atoms with Crippen LogP contribution in [0.2, 0.25) is 5.15 Å². The zero-order valence-corrected chi connectivity index (χ0v) is 11.6. The van der Waals surface area contributed by atoms with Crippen molar-refractivity contribution >= 4 is 17.5 Å². The summed E-state index contributed by atoms with van der Waals surface area (Å²) in [7, 11) is 0. The molecule has 98 valence electrons. The molecule has 0 saturated heterocycles. The molecule has 1 atom stereocenters. The maximum absolute atomic E-state index is 12.1. The Labute approximate surface area is 117 Å². The molecule has 4 heteroatoms. The molecular weight excluding hydrogens is 260 g/mol. The first-order valence-electron chi connectivity index (χ1n) is 6.06. The van der Waals surface area contributed by atoms with Crippen LogP contribution in [0.3, 0.4) is 0 Å². The van der Waals surface area contributed by atoms with E-state index in [2.05, 4.69) is 10.3 Å². The number of carbonyl (C=O) groups is 1. The van der Waals surface area contributed by atoms with Crippen LogP contribution in [0.5, 0.6) is 0 Å². The van der Waals surface area contributed by atoms with Crippen molar-refractivity contribution in [2.45, 2.75) is 19.9 Å². The van der Waals surface area contributed by atoms with E-state index in [0.717, 1.165) is 11.1 Å². The van der Waals surface area contributed by atoms with Crippen LogP contribution in [0.4, 0.5) is 0 Å². The summed E-state index contributed by atoms with van der Waals surface area (Å²) in [6.45, 7) is 3.99. The molecule has 1 N–H and O–H groups in total. The van der Waals surface area contributed by atoms with Crippen LogP contribution in [0, 0.1) is 6.92 Å². The molecule has 1 aromatic carbocycles. The molecule has 19 heavy (non-hydrogen) atoms. The van der Waals surface area contributed by atoms with Crippen LogP contribution in [-0.2, 0) is 0 Å². The van der Waals surface area contributed by atoms with Gasteiger partial charge >= 0.3 is 0 Å². The van der Waals surface area contributed by atoms with E-state index in [4.69, 9.17) is 11.6 Å². The van der Waals surface area contributed by atoms with Crippen LogP contribution < -0.4 is 5.32 Å². The largest absolute Gasteiger partial charge is 0.345 e. The monoisotopic (exact) mass is 274 g/mol. The van der Waals surface area contributed by atoms with Gasteiger partial charge in [-0.3, -0.25) is 4.79 Å². The fourth-order valence-corrected chi connectivity index (χ4v) is 2.05. The maximum atomic E-state index is 12.1. The number of aromatic nitrogens is 1. The quantitative estimate of drug-likeness (QED) is 0.870. The molecule has 2 rings (SSSR count). The summed E-state index contributed by atoms with van der Waals surface area (Å²) in [4.78, 5) is 16.0. The summed E-state index contributed by atoms with van der Waals surface area (Å²) in [5.41, 5.74) is 2.77. The van der Waals surface area contributed by atoms with Gasteiger partial charge in [0.15, 0.2) is 0 Å². The molecule has 0 saturated carbocycles. The van der Waals surface area contributed by atoms with Crippen LogP contribution in [0.25, 0.3) is 0 Å². The summed E-state index contributed by atoms with van der Waals surface area (Å²) in [5, 5.41) is 3.33. The number of benzene rings is 1. The number of pyridine rings is 1. The third-order valence-electron chi connectivity index (χ3n) is 2.99. The molecule has 3 nitrogen and oxygen atoms in total. The van der Waals surface area contributed by atoms with Gasteiger partial charge in [-0.25, -0.2) is 4.98 Å². The number of amides is 1. The lowest BCUT2D eigenvalue weighted by molar-refractivity contribution is 0.0939. The third kappa shape index (κ3) is 3.32. The van der Waals surface area contributed by atoms with Crippen molar-refractivity contribution in [3.63, 3.8) is 0 Å². The molecule has 0 aliphatic carbocycles. The second kappa shape index (κ2) is 5.85. The van der Waals surface area contributed by atoms with Gasteiger partial charge in [-0.2, -0.15) is 0 Å². The van der Waals surface area contributed by atoms with Crippen molar-refractivity contribution in [2.24, 2.45) is 0 Å². The van der Waals surface area contributed by atoms with E-state index < -0.39 is 0 Å². The van der Waals surface area contributed by atoms with Gasteiger partial charge in [0.05, 0.1) is 11.6 Å². The molecule has 0 spiro atoms. The molecule has 1 heterocycles. The van der Waals surface area contributed by atoms with Gasteiger partial charge in [0.25, 0.3) is 5.91 Å². The number of aryl methyl sites for hydroxylation is 1. The number of hydrogen-bond acceptors (Lipinski definition) is 2. The van der Waals surface area contributed by atoms with Gasteiger partial charge < -0.3 is 5.32 Å². The molecule has 0 aliphatic heterocycles. The Balaban J connectivity index is 2.11. The van der Waals surface area contributed by atoms with Crippen molar-refractivity contribution in [2.75, 3.05) is 0 Å². The van der Waals surface area contributed by atoms with Gasteiger partial charge in [-0.05, 0) is 37.1 Å². The highest BCUT2D eigenvalue weighted by atomic mass is 35.5. The minimum Gasteiger partial charge on any atom is -0.345 e. The van der Waals surface area contributed by atoms with Crippen molar-refractivity contribution < 1.29 is 4.79 Å². The number of halogens is 1. The van der Waals surface area contributed by atoms with Gasteiger partial charge in [0, 0.05) is 6.20 Å². The van der Waals surface area contributed by atoms with E-state index in [1.807, 2.05) is 38.1 Å². The second-order valence-electron chi connectivity index (χ2n) is 4.42. The van der Waals surface area contributed by atoms with Crippen molar-refractivity contribution in [3.05, 3.63) is 64.4 Å². The van der Waals surface area contributed by atoms with Crippen LogP contribution >= 0.6 is 11.6 Å². The number of hydrogen-bond donors (Lipinski definition) is 1. The fourth-order valence-electron chi connectivity index (χ4n) is 1.94. The van der Waals surface area contributed by atoms with Gasteiger partial charge in [-0.1, -0.05) is 35.9 Å². The van der Waals surface area contributed by atoms with E-state index in [1.54, 1.807) is 12.1 Å². The predicted molar refractivity (Wildman–Crippen MR) is 76.3 cm³/mol. The minimum absolute atomic E-state index is 0.0515. The highest BCUT2D eigenvalue weighted by Gasteiger charge is 2.12. The second-order valence-corrected chi connectivity index (χ2v) is 4.81. The minimum atomic E-state index is -0.153. The predicted octanol–water partition coefficient (Wildman–Crippen LogP) is 3.53. The highest BCUT2D eigenvalue weighted by Crippen LogP contribution is 2.17. The summed E-state index contributed by atoms with van der Waals surface area (Å²) >= 11 is 5.70. The highest BCUT2D eigenvalue weighted by molar-refractivity contribution is 6.29. The molecule has 1 unspecified atom stereocenters. The normalized spacial score (nSPS) is 11.9. The van der Waals surface area contributed by atoms with E-state index in [1.165, 1.54) is 6.20 Å². The third-order valence-corrected chi connectivity index (χ3v) is 3.22. The van der Waals surface area contributed by atoms with E-state index >= 15 is 0 Å². The Morgan fingerprint density at radius 2 is 2.00 bits per heavy atom. The van der Waals surface area contributed by atoms with Crippen molar-refractivity contribution in [3.8, 4) is 0 Å². The number of rotatable bonds is 3. The van der Waals surface area contributed by atoms with Crippen LogP contribution in [-0.4, -0.2) is 10.9 Å². The number of nitrogens with zero attached hydrogens (tertiary/aromatic N) is 1. The molecule has 0 radical (unpaired) electrons. The van der Waals surface area contributed by atoms with Crippen LogP contribution in [0.15, 0.2) is 42.6 Å². The van der Waals surface area contributed by atoms with Crippen molar-refractivity contribution in [1.82, 2.24) is 10.3 Å². The summed E-state index contributed by atoms with van der Waals surface area (Å²) in [6, 6.07) is 11.2. The number of carbonyl (C=O) groups excluding carboxylic acids is 1. The van der Waals surface area contributed by atoms with E-state index in [-0.39, 0.29) is 11.9 Å². The Bertz CT molecular complexity index is 581. The van der Waals surface area contributed by atoms with Crippen LogP contribution in [0.1, 0.15) is 34.5 Å². The average Bonchev–Trinajstić information content (AvgIpc) is 2.39. The summed E-state index contributed by atoms with van der Waals surface area (Å²) in [6.07, 6.45) is 1.47. The Hall–Kier alpha value is -1.87. The Morgan fingerprint density at radius 1 is 1.26 bits per heavy atom. The molecule has 2 aromatic rings. The van der Waals surface area contributed by atoms with E-state index in [9.17, 15) is 4.79 Å². The molecule has 1 amide bonds. The average molecular weight is 275 g/mol. The van der Waals surface area contributed by atoms with Gasteiger partial charge in [0.1, 0.15) is 5.15 Å². The zero-order valence-electron chi connectivity index (χ0n) is 10.9. The Morgan fingerprint density at radius 3 is 2.63 bits per heavy atom. The fraction of sp³-hybridized carbons (Fsp3) is 0.200. The SMILES string of the molecule is Cc1ccccc1C(C)NC(=O)c1ccc(Cl)nc1. The summed E-state index contributed by atoms with van der Waals surface area (Å²) < 4.78 is 0. The van der Waals surface area contributed by atoms with E-state index in [0.29, 0.717) is 10.7 Å². The lowest BCUT2D eigenvalue weighted by Gasteiger charge is -2.16. The molecule has 0 aliphatic rings. The zero-order chi connectivity index (χ0) is 13.8. The first kappa shape index (κ1) is 13.6. The number of nitrogens with one attached hydrogen (secondary N) is 1. The Kier molecular flexibility index (Phi) is 4.17. The van der Waals surface area contributed by atoms with Gasteiger partial charge in [0.2, 0.25) is 0 Å². The smallest absolute Gasteiger partial charge is 0.253 e. The topological polar surface area (TPSA) is 42.0 Å². The molecule has 0 fully saturated rings.